The maximum absolute atomic E-state index is 13.1. The smallest absolute Gasteiger partial charge is 0.251 e. The topological polar surface area (TPSA) is 72.2 Å². The fraction of sp³-hybridized carbons (Fsp3) is 0.429. The van der Waals surface area contributed by atoms with Gasteiger partial charge < -0.3 is 11.1 Å². The van der Waals surface area contributed by atoms with Crippen molar-refractivity contribution >= 4 is 27.7 Å². The number of nitrogens with two attached hydrogens (primary N) is 1. The Labute approximate surface area is 125 Å². The molecule has 1 aliphatic rings. The predicted octanol–water partition coefficient (Wildman–Crippen LogP) is 2.36. The van der Waals surface area contributed by atoms with E-state index in [-0.39, 0.29) is 28.2 Å². The van der Waals surface area contributed by atoms with Gasteiger partial charge in [0.15, 0.2) is 0 Å². The van der Waals surface area contributed by atoms with Crippen molar-refractivity contribution in [1.82, 2.24) is 5.32 Å². The average molecular weight is 343 g/mol. The second kappa shape index (κ2) is 6.35. The first-order valence-electron chi connectivity index (χ1n) is 6.52. The molecule has 0 radical (unpaired) electrons. The molecule has 0 atom stereocenters. The Morgan fingerprint density at radius 3 is 2.45 bits per heavy atom. The van der Waals surface area contributed by atoms with Gasteiger partial charge in [-0.25, -0.2) is 4.39 Å². The van der Waals surface area contributed by atoms with Gasteiger partial charge in [-0.15, -0.1) is 0 Å². The van der Waals surface area contributed by atoms with Crippen molar-refractivity contribution in [2.45, 2.75) is 31.7 Å². The zero-order valence-electron chi connectivity index (χ0n) is 10.9. The molecule has 0 aliphatic heterocycles. The molecule has 0 bridgehead atoms. The number of primary amides is 1. The number of hydrogen-bond donors (Lipinski definition) is 2. The molecular weight excluding hydrogens is 327 g/mol. The zero-order valence-corrected chi connectivity index (χ0v) is 12.5. The Hall–Kier alpha value is -1.43. The molecule has 108 valence electrons. The molecule has 1 aliphatic carbocycles. The number of hydrogen-bond acceptors (Lipinski definition) is 2. The molecule has 6 heteroatoms. The van der Waals surface area contributed by atoms with E-state index in [9.17, 15) is 14.0 Å². The molecule has 3 N–H and O–H groups in total. The van der Waals surface area contributed by atoms with Gasteiger partial charge >= 0.3 is 0 Å². The van der Waals surface area contributed by atoms with Crippen molar-refractivity contribution in [2.75, 3.05) is 0 Å². The number of amides is 2. The summed E-state index contributed by atoms with van der Waals surface area (Å²) in [7, 11) is 0. The Morgan fingerprint density at radius 1 is 1.25 bits per heavy atom. The summed E-state index contributed by atoms with van der Waals surface area (Å²) in [6.45, 7) is 0. The minimum atomic E-state index is -0.400. The summed E-state index contributed by atoms with van der Waals surface area (Å²) in [5.41, 5.74) is 5.68. The van der Waals surface area contributed by atoms with Crippen LogP contribution in [0.15, 0.2) is 22.7 Å². The predicted molar refractivity (Wildman–Crippen MR) is 76.5 cm³/mol. The molecule has 0 spiro atoms. The van der Waals surface area contributed by atoms with Gasteiger partial charge in [0.25, 0.3) is 5.91 Å². The Balaban J connectivity index is 1.92. The van der Waals surface area contributed by atoms with Crippen LogP contribution in [-0.2, 0) is 4.79 Å². The zero-order chi connectivity index (χ0) is 14.7. The van der Waals surface area contributed by atoms with Crippen molar-refractivity contribution in [3.05, 3.63) is 34.1 Å². The monoisotopic (exact) mass is 342 g/mol. The summed E-state index contributed by atoms with van der Waals surface area (Å²) in [4.78, 5) is 23.1. The van der Waals surface area contributed by atoms with E-state index >= 15 is 0 Å². The molecule has 1 aromatic rings. The van der Waals surface area contributed by atoms with Crippen LogP contribution >= 0.6 is 15.9 Å². The molecule has 2 amide bonds. The van der Waals surface area contributed by atoms with E-state index in [2.05, 4.69) is 21.2 Å². The summed E-state index contributed by atoms with van der Waals surface area (Å²) in [5, 5.41) is 2.91. The molecule has 4 nitrogen and oxygen atoms in total. The van der Waals surface area contributed by atoms with Crippen molar-refractivity contribution in [2.24, 2.45) is 11.7 Å². The highest BCUT2D eigenvalue weighted by Crippen LogP contribution is 2.24. The molecule has 1 aromatic carbocycles. The van der Waals surface area contributed by atoms with Crippen LogP contribution in [0.25, 0.3) is 0 Å². The third kappa shape index (κ3) is 3.56. The van der Waals surface area contributed by atoms with Gasteiger partial charge in [0.05, 0.1) is 4.47 Å². The molecule has 1 fully saturated rings. The van der Waals surface area contributed by atoms with Crippen LogP contribution in [0.2, 0.25) is 0 Å². The Morgan fingerprint density at radius 2 is 1.90 bits per heavy atom. The third-order valence-electron chi connectivity index (χ3n) is 3.65. The first kappa shape index (κ1) is 15.0. The normalized spacial score (nSPS) is 22.3. The number of rotatable bonds is 3. The fourth-order valence-corrected chi connectivity index (χ4v) is 2.81. The Bertz CT molecular complexity index is 528. The lowest BCUT2D eigenvalue weighted by molar-refractivity contribution is -0.122. The third-order valence-corrected chi connectivity index (χ3v) is 4.25. The minimum absolute atomic E-state index is 0.0435. The number of carbonyl (C=O) groups excluding carboxylic acids is 2. The largest absolute Gasteiger partial charge is 0.369 e. The SMILES string of the molecule is NC(=O)C1CCC(NC(=O)c2ccc(F)c(Br)c2)CC1. The summed E-state index contributed by atoms with van der Waals surface area (Å²) >= 11 is 3.06. The maximum Gasteiger partial charge on any atom is 0.251 e. The molecule has 0 unspecified atom stereocenters. The van der Waals surface area contributed by atoms with Gasteiger partial charge in [0.1, 0.15) is 5.82 Å². The van der Waals surface area contributed by atoms with Crippen LogP contribution < -0.4 is 11.1 Å². The lowest BCUT2D eigenvalue weighted by Gasteiger charge is -2.27. The van der Waals surface area contributed by atoms with Gasteiger partial charge in [0.2, 0.25) is 5.91 Å². The highest BCUT2D eigenvalue weighted by atomic mass is 79.9. The highest BCUT2D eigenvalue weighted by molar-refractivity contribution is 9.10. The minimum Gasteiger partial charge on any atom is -0.369 e. The summed E-state index contributed by atoms with van der Waals surface area (Å²) in [6, 6.07) is 4.20. The summed E-state index contributed by atoms with van der Waals surface area (Å²) < 4.78 is 13.4. The first-order valence-corrected chi connectivity index (χ1v) is 7.32. The average Bonchev–Trinajstić information content (AvgIpc) is 2.42. The van der Waals surface area contributed by atoms with E-state index in [1.54, 1.807) is 0 Å². The van der Waals surface area contributed by atoms with Crippen LogP contribution in [0.1, 0.15) is 36.0 Å². The summed E-state index contributed by atoms with van der Waals surface area (Å²) in [5.74, 6) is -0.975. The standard InChI is InChI=1S/C14H16BrFN2O2/c15-11-7-9(3-6-12(11)16)14(20)18-10-4-1-8(2-5-10)13(17)19/h3,6-8,10H,1-2,4-5H2,(H2,17,19)(H,18,20). The van der Waals surface area contributed by atoms with Crippen LogP contribution in [0.4, 0.5) is 4.39 Å². The number of halogens is 2. The van der Waals surface area contributed by atoms with Crippen molar-refractivity contribution in [3.8, 4) is 0 Å². The maximum atomic E-state index is 13.1. The molecule has 2 rings (SSSR count). The first-order chi connectivity index (χ1) is 9.47. The number of carbonyl (C=O) groups is 2. The number of benzene rings is 1. The van der Waals surface area contributed by atoms with E-state index in [1.807, 2.05) is 0 Å². The molecular formula is C14H16BrFN2O2. The van der Waals surface area contributed by atoms with Gasteiger partial charge in [-0.2, -0.15) is 0 Å². The number of nitrogens with one attached hydrogen (secondary N) is 1. The second-order valence-electron chi connectivity index (χ2n) is 5.05. The van der Waals surface area contributed by atoms with E-state index in [1.165, 1.54) is 18.2 Å². The van der Waals surface area contributed by atoms with Crippen molar-refractivity contribution in [3.63, 3.8) is 0 Å². The van der Waals surface area contributed by atoms with Crippen LogP contribution in [0.5, 0.6) is 0 Å². The molecule has 1 saturated carbocycles. The van der Waals surface area contributed by atoms with Gasteiger partial charge in [0, 0.05) is 17.5 Å². The van der Waals surface area contributed by atoms with Gasteiger partial charge in [-0.1, -0.05) is 0 Å². The van der Waals surface area contributed by atoms with Crippen molar-refractivity contribution in [1.29, 1.82) is 0 Å². The van der Waals surface area contributed by atoms with Crippen LogP contribution in [0.3, 0.4) is 0 Å². The van der Waals surface area contributed by atoms with Gasteiger partial charge in [-0.05, 0) is 59.8 Å². The van der Waals surface area contributed by atoms with E-state index in [4.69, 9.17) is 5.73 Å². The van der Waals surface area contributed by atoms with Crippen LogP contribution in [-0.4, -0.2) is 17.9 Å². The lowest BCUT2D eigenvalue weighted by atomic mass is 9.85. The molecule has 0 heterocycles. The highest BCUT2D eigenvalue weighted by Gasteiger charge is 2.25. The lowest BCUT2D eigenvalue weighted by Crippen LogP contribution is -2.39. The molecule has 20 heavy (non-hydrogen) atoms. The van der Waals surface area contributed by atoms with Gasteiger partial charge in [-0.3, -0.25) is 9.59 Å². The van der Waals surface area contributed by atoms with E-state index in [0.29, 0.717) is 18.4 Å². The molecule has 0 saturated heterocycles. The second-order valence-corrected chi connectivity index (χ2v) is 5.91. The van der Waals surface area contributed by atoms with Crippen LogP contribution in [0, 0.1) is 11.7 Å². The fourth-order valence-electron chi connectivity index (χ4n) is 2.43. The molecule has 0 aromatic heterocycles. The van der Waals surface area contributed by atoms with E-state index < -0.39 is 5.82 Å². The Kier molecular flexibility index (Phi) is 4.75. The quantitative estimate of drug-likeness (QED) is 0.884. The van der Waals surface area contributed by atoms with E-state index in [0.717, 1.165) is 12.8 Å². The van der Waals surface area contributed by atoms with Crippen molar-refractivity contribution < 1.29 is 14.0 Å². The summed E-state index contributed by atoms with van der Waals surface area (Å²) in [6.07, 6.45) is 2.88.